The maximum atomic E-state index is 13.1. The molecule has 7 heteroatoms. The fourth-order valence-electron chi connectivity index (χ4n) is 3.81. The molecule has 30 heavy (non-hydrogen) atoms. The van der Waals surface area contributed by atoms with Gasteiger partial charge in [0.15, 0.2) is 0 Å². The largest absolute Gasteiger partial charge is 0.481 e. The number of amides is 2. The number of carboxylic acids is 1. The van der Waals surface area contributed by atoms with Crippen molar-refractivity contribution < 1.29 is 19.5 Å². The molecule has 0 unspecified atom stereocenters. The van der Waals surface area contributed by atoms with Gasteiger partial charge in [-0.3, -0.25) is 14.4 Å². The fourth-order valence-corrected chi connectivity index (χ4v) is 5.23. The molecule has 3 N–H and O–H groups in total. The van der Waals surface area contributed by atoms with Gasteiger partial charge in [0, 0.05) is 24.3 Å². The SMILES string of the molecule is C[C@H](CC(=O)O)CC(=O)Nc1sc2c(c1C(=O)NCc1ccccc1)CC[C@@H](C)C2. The quantitative estimate of drug-likeness (QED) is 0.586. The van der Waals surface area contributed by atoms with E-state index in [0.29, 0.717) is 23.0 Å². The number of fused-ring (bicyclic) bond motifs is 1. The molecule has 2 aromatic rings. The molecule has 160 valence electrons. The van der Waals surface area contributed by atoms with Crippen LogP contribution in [0.25, 0.3) is 0 Å². The molecule has 1 aromatic heterocycles. The highest BCUT2D eigenvalue weighted by atomic mass is 32.1. The van der Waals surface area contributed by atoms with Crippen LogP contribution in [0.15, 0.2) is 30.3 Å². The lowest BCUT2D eigenvalue weighted by atomic mass is 9.88. The van der Waals surface area contributed by atoms with Crippen molar-refractivity contribution in [2.75, 3.05) is 5.32 Å². The number of nitrogens with one attached hydrogen (secondary N) is 2. The molecule has 0 spiro atoms. The zero-order chi connectivity index (χ0) is 21.7. The van der Waals surface area contributed by atoms with Gasteiger partial charge in [-0.05, 0) is 42.2 Å². The van der Waals surface area contributed by atoms with Crippen molar-refractivity contribution in [2.24, 2.45) is 11.8 Å². The molecule has 0 bridgehead atoms. The highest BCUT2D eigenvalue weighted by Crippen LogP contribution is 2.39. The van der Waals surface area contributed by atoms with Gasteiger partial charge in [0.25, 0.3) is 5.91 Å². The summed E-state index contributed by atoms with van der Waals surface area (Å²) in [7, 11) is 0. The van der Waals surface area contributed by atoms with Crippen LogP contribution in [-0.2, 0) is 29.0 Å². The Morgan fingerprint density at radius 2 is 1.93 bits per heavy atom. The first kappa shape index (κ1) is 22.0. The van der Waals surface area contributed by atoms with E-state index in [9.17, 15) is 14.4 Å². The molecule has 0 fully saturated rings. The number of benzene rings is 1. The van der Waals surface area contributed by atoms with Gasteiger partial charge in [0.2, 0.25) is 5.91 Å². The molecule has 0 radical (unpaired) electrons. The van der Waals surface area contributed by atoms with Crippen LogP contribution in [0.2, 0.25) is 0 Å². The molecule has 6 nitrogen and oxygen atoms in total. The number of carboxylic acid groups (broad SMARTS) is 1. The molecule has 3 rings (SSSR count). The van der Waals surface area contributed by atoms with E-state index in [1.54, 1.807) is 6.92 Å². The Labute approximate surface area is 180 Å². The Balaban J connectivity index is 1.77. The van der Waals surface area contributed by atoms with E-state index in [1.807, 2.05) is 30.3 Å². The van der Waals surface area contributed by atoms with Crippen molar-refractivity contribution >= 4 is 34.1 Å². The summed E-state index contributed by atoms with van der Waals surface area (Å²) in [5, 5.41) is 15.4. The number of aliphatic carboxylic acids is 1. The van der Waals surface area contributed by atoms with Crippen molar-refractivity contribution in [1.82, 2.24) is 5.32 Å². The van der Waals surface area contributed by atoms with E-state index in [1.165, 1.54) is 11.3 Å². The third kappa shape index (κ3) is 5.69. The predicted molar refractivity (Wildman–Crippen MR) is 118 cm³/mol. The van der Waals surface area contributed by atoms with E-state index >= 15 is 0 Å². The van der Waals surface area contributed by atoms with Crippen LogP contribution < -0.4 is 10.6 Å². The summed E-state index contributed by atoms with van der Waals surface area (Å²) in [5.74, 6) is -1.08. The normalized spacial score (nSPS) is 16.4. The van der Waals surface area contributed by atoms with Gasteiger partial charge in [0.1, 0.15) is 5.00 Å². The lowest BCUT2D eigenvalue weighted by Crippen LogP contribution is -2.26. The molecule has 1 heterocycles. The van der Waals surface area contributed by atoms with Gasteiger partial charge >= 0.3 is 5.97 Å². The number of hydrogen-bond donors (Lipinski definition) is 3. The first-order valence-corrected chi connectivity index (χ1v) is 11.1. The van der Waals surface area contributed by atoms with Crippen molar-refractivity contribution in [2.45, 2.75) is 52.5 Å². The minimum atomic E-state index is -0.920. The number of anilines is 1. The highest BCUT2D eigenvalue weighted by Gasteiger charge is 2.28. The lowest BCUT2D eigenvalue weighted by molar-refractivity contribution is -0.138. The number of carbonyl (C=O) groups excluding carboxylic acids is 2. The summed E-state index contributed by atoms with van der Waals surface area (Å²) in [6.07, 6.45) is 2.80. The van der Waals surface area contributed by atoms with Crippen LogP contribution in [0.4, 0.5) is 5.00 Å². The third-order valence-electron chi connectivity index (χ3n) is 5.34. The minimum absolute atomic E-state index is 0.0592. The van der Waals surface area contributed by atoms with Crippen LogP contribution >= 0.6 is 11.3 Å². The van der Waals surface area contributed by atoms with E-state index in [0.717, 1.165) is 35.3 Å². The smallest absolute Gasteiger partial charge is 0.303 e. The first-order valence-electron chi connectivity index (χ1n) is 10.3. The molecule has 0 aliphatic heterocycles. The monoisotopic (exact) mass is 428 g/mol. The van der Waals surface area contributed by atoms with Crippen LogP contribution in [0.5, 0.6) is 0 Å². The Hall–Kier alpha value is -2.67. The van der Waals surface area contributed by atoms with Gasteiger partial charge in [0.05, 0.1) is 5.56 Å². The average Bonchev–Trinajstić information content (AvgIpc) is 3.02. The fraction of sp³-hybridized carbons (Fsp3) is 0.435. The molecule has 1 aliphatic rings. The highest BCUT2D eigenvalue weighted by molar-refractivity contribution is 7.17. The van der Waals surface area contributed by atoms with E-state index in [4.69, 9.17) is 5.11 Å². The number of hydrogen-bond acceptors (Lipinski definition) is 4. The molecule has 1 aliphatic carbocycles. The summed E-state index contributed by atoms with van der Waals surface area (Å²) in [6, 6.07) is 9.70. The zero-order valence-corrected chi connectivity index (χ0v) is 18.2. The van der Waals surface area contributed by atoms with E-state index in [2.05, 4.69) is 17.6 Å². The summed E-state index contributed by atoms with van der Waals surface area (Å²) in [5.41, 5.74) is 2.62. The Bertz CT molecular complexity index is 923. The van der Waals surface area contributed by atoms with Crippen molar-refractivity contribution in [1.29, 1.82) is 0 Å². The van der Waals surface area contributed by atoms with Gasteiger partial charge in [-0.25, -0.2) is 0 Å². The number of thiophene rings is 1. The van der Waals surface area contributed by atoms with E-state index < -0.39 is 5.97 Å². The molecule has 1 aromatic carbocycles. The van der Waals surface area contributed by atoms with Crippen LogP contribution in [0.3, 0.4) is 0 Å². The maximum absolute atomic E-state index is 13.1. The van der Waals surface area contributed by atoms with Crippen molar-refractivity contribution in [3.8, 4) is 0 Å². The second-order valence-electron chi connectivity index (χ2n) is 8.18. The first-order chi connectivity index (χ1) is 14.3. The summed E-state index contributed by atoms with van der Waals surface area (Å²) < 4.78 is 0. The molecule has 2 amide bonds. The van der Waals surface area contributed by atoms with Gasteiger partial charge < -0.3 is 15.7 Å². The lowest BCUT2D eigenvalue weighted by Gasteiger charge is -2.18. The zero-order valence-electron chi connectivity index (χ0n) is 17.4. The third-order valence-corrected chi connectivity index (χ3v) is 6.51. The van der Waals surface area contributed by atoms with Gasteiger partial charge in [-0.1, -0.05) is 44.2 Å². The summed E-state index contributed by atoms with van der Waals surface area (Å²) in [4.78, 5) is 37.6. The minimum Gasteiger partial charge on any atom is -0.481 e. The van der Waals surface area contributed by atoms with Crippen LogP contribution in [-0.4, -0.2) is 22.9 Å². The number of rotatable bonds is 8. The van der Waals surface area contributed by atoms with Crippen molar-refractivity contribution in [3.63, 3.8) is 0 Å². The Morgan fingerprint density at radius 1 is 1.20 bits per heavy atom. The second-order valence-corrected chi connectivity index (χ2v) is 9.28. The van der Waals surface area contributed by atoms with Crippen molar-refractivity contribution in [3.05, 3.63) is 51.9 Å². The molecule has 2 atom stereocenters. The maximum Gasteiger partial charge on any atom is 0.303 e. The topological polar surface area (TPSA) is 95.5 Å². The van der Waals surface area contributed by atoms with Crippen LogP contribution in [0, 0.1) is 11.8 Å². The Kier molecular flexibility index (Phi) is 7.26. The van der Waals surface area contributed by atoms with E-state index in [-0.39, 0.29) is 30.6 Å². The van der Waals surface area contributed by atoms with Gasteiger partial charge in [-0.2, -0.15) is 0 Å². The summed E-state index contributed by atoms with van der Waals surface area (Å²) in [6.45, 7) is 4.36. The molecule has 0 saturated carbocycles. The Morgan fingerprint density at radius 3 is 2.63 bits per heavy atom. The predicted octanol–water partition coefficient (Wildman–Crippen LogP) is 4.24. The summed E-state index contributed by atoms with van der Waals surface area (Å²) >= 11 is 1.48. The molecular formula is C23H28N2O4S. The molecule has 0 saturated heterocycles. The standard InChI is InChI=1S/C23H28N2O4S/c1-14-8-9-17-18(10-14)30-23(25-19(26)11-15(2)12-20(27)28)21(17)22(29)24-13-16-6-4-3-5-7-16/h3-7,14-15H,8-13H2,1-2H3,(H,24,29)(H,25,26)(H,27,28)/t14-,15+/m1/s1. The second kappa shape index (κ2) is 9.89. The van der Waals surface area contributed by atoms with Gasteiger partial charge in [-0.15, -0.1) is 11.3 Å². The number of carbonyl (C=O) groups is 3. The molecular weight excluding hydrogens is 400 g/mol. The average molecular weight is 429 g/mol. The van der Waals surface area contributed by atoms with Crippen LogP contribution in [0.1, 0.15) is 59.5 Å².